The number of nitriles is 1. The highest BCUT2D eigenvalue weighted by atomic mass is 35.5. The number of amides is 1. The maximum atomic E-state index is 16.9. The number of carbonyl (C=O) groups is 1. The molecule has 3 N–H and O–H groups in total. The molecule has 1 amide bonds. The molecule has 0 spiro atoms. The number of nitrogen functional groups attached to an aromatic ring is 1. The Hall–Kier alpha value is -4.09. The second kappa shape index (κ2) is 12.6. The minimum absolute atomic E-state index is 0.0124. The second-order valence-electron chi connectivity index (χ2n) is 11.7. The Morgan fingerprint density at radius 1 is 1.30 bits per heavy atom. The van der Waals surface area contributed by atoms with E-state index in [0.717, 1.165) is 30.7 Å². The zero-order valence-electron chi connectivity index (χ0n) is 25.3. The molecule has 0 radical (unpaired) electrons. The van der Waals surface area contributed by atoms with Crippen LogP contribution in [0, 0.1) is 23.0 Å². The van der Waals surface area contributed by atoms with Gasteiger partial charge in [0.2, 0.25) is 0 Å². The summed E-state index contributed by atoms with van der Waals surface area (Å²) in [6.45, 7) is 7.36. The molecule has 0 saturated carbocycles. The summed E-state index contributed by atoms with van der Waals surface area (Å²) in [4.78, 5) is 27.7. The fourth-order valence-corrected chi connectivity index (χ4v) is 7.55. The number of anilines is 2. The van der Waals surface area contributed by atoms with Crippen molar-refractivity contribution in [1.82, 2.24) is 19.8 Å². The molecule has 2 saturated heterocycles. The van der Waals surface area contributed by atoms with Crippen LogP contribution in [0.4, 0.5) is 19.6 Å². The zero-order valence-corrected chi connectivity index (χ0v) is 26.9. The van der Waals surface area contributed by atoms with Crippen LogP contribution in [0.5, 0.6) is 6.01 Å². The lowest BCUT2D eigenvalue weighted by Gasteiger charge is -2.41. The number of nitrogens with two attached hydrogens (primary N) is 1. The second-order valence-corrected chi connectivity index (χ2v) is 13.1. The maximum absolute atomic E-state index is 16.9. The zero-order chi connectivity index (χ0) is 32.9. The van der Waals surface area contributed by atoms with Crippen molar-refractivity contribution in [1.29, 1.82) is 5.26 Å². The number of hydrogen-bond acceptors (Lipinski definition) is 10. The molecule has 46 heavy (non-hydrogen) atoms. The van der Waals surface area contributed by atoms with Crippen molar-refractivity contribution in [3.05, 3.63) is 52.6 Å². The third kappa shape index (κ3) is 5.49. The monoisotopic (exact) mass is 667 g/mol. The third-order valence-corrected chi connectivity index (χ3v) is 10.1. The van der Waals surface area contributed by atoms with E-state index in [1.54, 1.807) is 11.0 Å². The summed E-state index contributed by atoms with van der Waals surface area (Å²) in [7, 11) is 2.02. The first-order chi connectivity index (χ1) is 22.0. The van der Waals surface area contributed by atoms with Crippen molar-refractivity contribution < 1.29 is 23.4 Å². The number of benzene rings is 2. The number of thiophene rings is 1. The molecule has 4 aromatic rings. The smallest absolute Gasteiger partial charge is 0.319 e. The quantitative estimate of drug-likeness (QED) is 0.263. The Balaban J connectivity index is 1.49. The van der Waals surface area contributed by atoms with Crippen molar-refractivity contribution in [3.8, 4) is 23.2 Å². The van der Waals surface area contributed by atoms with Crippen LogP contribution in [0.2, 0.25) is 5.02 Å². The van der Waals surface area contributed by atoms with Gasteiger partial charge in [-0.25, -0.2) is 8.78 Å². The van der Waals surface area contributed by atoms with Crippen LogP contribution in [0.1, 0.15) is 25.3 Å². The summed E-state index contributed by atoms with van der Waals surface area (Å²) >= 11 is 7.72. The standard InChI is InChI=1S/C32H32ClF2N7O3S/c1-16(14-43)31(44)41-9-10-42(17(2)13-41)30-20-11-22(33)25(19-6-7-23(34)28-24(19)21(12-36)29(37)46-28)26(35)27(20)38-32(39-30)45-15-18-5-4-8-40(18)3/h6-7,11,17-18,43H,1,4-5,8-10,13-15,37H2,2-3H3/t17-,18-/m0/s1. The van der Waals surface area contributed by atoms with Gasteiger partial charge in [0.05, 0.1) is 21.9 Å². The van der Waals surface area contributed by atoms with Crippen LogP contribution in [0.15, 0.2) is 30.4 Å². The number of piperazine rings is 1. The first-order valence-corrected chi connectivity index (χ1v) is 16.0. The number of likely N-dealkylation sites (N-methyl/N-ethyl adjacent to an activating group) is 1. The maximum Gasteiger partial charge on any atom is 0.319 e. The molecule has 2 atom stereocenters. The average Bonchev–Trinajstić information content (AvgIpc) is 3.62. The van der Waals surface area contributed by atoms with Crippen molar-refractivity contribution in [2.24, 2.45) is 0 Å². The van der Waals surface area contributed by atoms with Gasteiger partial charge >= 0.3 is 6.01 Å². The van der Waals surface area contributed by atoms with Gasteiger partial charge in [0.1, 0.15) is 34.8 Å². The summed E-state index contributed by atoms with van der Waals surface area (Å²) in [6.07, 6.45) is 1.99. The number of ether oxygens (including phenoxy) is 1. The van der Waals surface area contributed by atoms with Crippen molar-refractivity contribution >= 4 is 60.7 Å². The summed E-state index contributed by atoms with van der Waals surface area (Å²) < 4.78 is 37.9. The van der Waals surface area contributed by atoms with E-state index in [0.29, 0.717) is 37.4 Å². The molecule has 6 rings (SSSR count). The topological polar surface area (TPSA) is 132 Å². The van der Waals surface area contributed by atoms with Gasteiger partial charge in [-0.05, 0) is 51.1 Å². The van der Waals surface area contributed by atoms with Gasteiger partial charge in [0.15, 0.2) is 5.82 Å². The van der Waals surface area contributed by atoms with E-state index in [4.69, 9.17) is 27.1 Å². The van der Waals surface area contributed by atoms with Gasteiger partial charge in [0, 0.05) is 53.6 Å². The molecule has 0 aliphatic carbocycles. The summed E-state index contributed by atoms with van der Waals surface area (Å²) in [5.41, 5.74) is 6.29. The van der Waals surface area contributed by atoms with Crippen molar-refractivity contribution in [2.45, 2.75) is 31.8 Å². The number of carbonyl (C=O) groups excluding carboxylic acids is 1. The Kier molecular flexibility index (Phi) is 8.73. The molecule has 0 bridgehead atoms. The van der Waals surface area contributed by atoms with Gasteiger partial charge in [0.25, 0.3) is 5.91 Å². The van der Waals surface area contributed by atoms with Crippen LogP contribution in [-0.4, -0.2) is 89.3 Å². The average molecular weight is 668 g/mol. The first kappa shape index (κ1) is 31.9. The number of halogens is 3. The minimum Gasteiger partial charge on any atom is -0.462 e. The fraction of sp³-hybridized carbons (Fsp3) is 0.375. The van der Waals surface area contributed by atoms with Crippen LogP contribution in [0.3, 0.4) is 0 Å². The van der Waals surface area contributed by atoms with Crippen molar-refractivity contribution in [3.63, 3.8) is 0 Å². The highest BCUT2D eigenvalue weighted by Gasteiger charge is 2.32. The van der Waals surface area contributed by atoms with E-state index in [1.165, 1.54) is 12.1 Å². The molecule has 2 aromatic heterocycles. The van der Waals surface area contributed by atoms with Crippen LogP contribution in [0.25, 0.3) is 32.1 Å². The summed E-state index contributed by atoms with van der Waals surface area (Å²) in [5.74, 6) is -1.31. The Morgan fingerprint density at radius 2 is 2.09 bits per heavy atom. The number of aliphatic hydroxyl groups excluding tert-OH is 1. The van der Waals surface area contributed by atoms with E-state index in [2.05, 4.69) is 16.5 Å². The number of nitrogens with zero attached hydrogens (tertiary/aromatic N) is 6. The van der Waals surface area contributed by atoms with Gasteiger partial charge in [-0.15, -0.1) is 11.3 Å². The van der Waals surface area contributed by atoms with Gasteiger partial charge in [-0.2, -0.15) is 15.2 Å². The van der Waals surface area contributed by atoms with E-state index in [1.807, 2.05) is 24.9 Å². The Morgan fingerprint density at radius 3 is 2.76 bits per heavy atom. The summed E-state index contributed by atoms with van der Waals surface area (Å²) in [6, 6.07) is 6.03. The fourth-order valence-electron chi connectivity index (χ4n) is 6.31. The van der Waals surface area contributed by atoms with Crippen LogP contribution < -0.4 is 15.4 Å². The number of likely N-dealkylation sites (tertiary alicyclic amines) is 1. The largest absolute Gasteiger partial charge is 0.462 e. The number of fused-ring (bicyclic) bond motifs is 2. The lowest BCUT2D eigenvalue weighted by molar-refractivity contribution is -0.128. The van der Waals surface area contributed by atoms with Crippen molar-refractivity contribution in [2.75, 3.05) is 57.1 Å². The highest BCUT2D eigenvalue weighted by molar-refractivity contribution is 7.23. The molecular formula is C32H32ClF2N7O3S. The number of hydrogen-bond donors (Lipinski definition) is 2. The molecule has 0 unspecified atom stereocenters. The molecule has 4 heterocycles. The van der Waals surface area contributed by atoms with Crippen LogP contribution in [-0.2, 0) is 4.79 Å². The molecule has 10 nitrogen and oxygen atoms in total. The van der Waals surface area contributed by atoms with Gasteiger partial charge in [-0.3, -0.25) is 4.79 Å². The van der Waals surface area contributed by atoms with Gasteiger partial charge in [-0.1, -0.05) is 24.2 Å². The van der Waals surface area contributed by atoms with E-state index in [-0.39, 0.29) is 71.9 Å². The molecule has 2 fully saturated rings. The van der Waals surface area contributed by atoms with Crippen LogP contribution >= 0.6 is 22.9 Å². The summed E-state index contributed by atoms with van der Waals surface area (Å²) in [5, 5.41) is 19.9. The third-order valence-electron chi connectivity index (χ3n) is 8.80. The van der Waals surface area contributed by atoms with Gasteiger partial charge < -0.3 is 30.3 Å². The molecular weight excluding hydrogens is 636 g/mol. The lowest BCUT2D eigenvalue weighted by atomic mass is 9.97. The van der Waals surface area contributed by atoms with E-state index < -0.39 is 18.2 Å². The lowest BCUT2D eigenvalue weighted by Crippen LogP contribution is -2.54. The molecule has 240 valence electrons. The Bertz CT molecular complexity index is 1930. The molecule has 2 aliphatic heterocycles. The normalized spacial score (nSPS) is 18.8. The minimum atomic E-state index is -0.781. The number of aliphatic hydroxyl groups is 1. The molecule has 14 heteroatoms. The predicted molar refractivity (Wildman–Crippen MR) is 175 cm³/mol. The number of rotatable bonds is 7. The van der Waals surface area contributed by atoms with E-state index >= 15 is 4.39 Å². The highest BCUT2D eigenvalue weighted by Crippen LogP contribution is 2.45. The predicted octanol–water partition coefficient (Wildman–Crippen LogP) is 4.96. The molecule has 2 aromatic carbocycles. The van der Waals surface area contributed by atoms with E-state index in [9.17, 15) is 19.6 Å². The SMILES string of the molecule is C=C(CO)C(=O)N1CCN(c2nc(OC[C@@H]3CCCN3C)nc3c(F)c(-c4ccc(F)c5sc(N)c(C#N)c45)c(Cl)cc23)[C@@H](C)C1. The Labute approximate surface area is 273 Å². The first-order valence-electron chi connectivity index (χ1n) is 14.8. The molecule has 2 aliphatic rings. The number of aromatic nitrogens is 2.